The van der Waals surface area contributed by atoms with Crippen molar-refractivity contribution >= 4 is 17.5 Å². The molecule has 6 nitrogen and oxygen atoms in total. The van der Waals surface area contributed by atoms with E-state index >= 15 is 0 Å². The third-order valence-corrected chi connectivity index (χ3v) is 2.93. The first-order valence-electron chi connectivity index (χ1n) is 7.41. The van der Waals surface area contributed by atoms with Gasteiger partial charge in [0.25, 0.3) is 0 Å². The predicted molar refractivity (Wildman–Crippen MR) is 86.4 cm³/mol. The minimum Gasteiger partial charge on any atom is -0.355 e. The molecule has 1 aromatic rings. The van der Waals surface area contributed by atoms with Gasteiger partial charge in [-0.25, -0.2) is 9.97 Å². The summed E-state index contributed by atoms with van der Waals surface area (Å²) < 4.78 is 0. The minimum absolute atomic E-state index is 0.0711. The third kappa shape index (κ3) is 5.79. The molecule has 0 radical (unpaired) electrons. The molecule has 0 bridgehead atoms. The summed E-state index contributed by atoms with van der Waals surface area (Å²) in [4.78, 5) is 32.0. The smallest absolute Gasteiger partial charge is 0.226 e. The van der Waals surface area contributed by atoms with Crippen LogP contribution < -0.4 is 10.6 Å². The Balaban J connectivity index is 2.44. The first kappa shape index (κ1) is 18.1. The van der Waals surface area contributed by atoms with Crippen molar-refractivity contribution in [3.8, 4) is 0 Å². The zero-order valence-electron chi connectivity index (χ0n) is 14.3. The van der Waals surface area contributed by atoms with Crippen LogP contribution in [0.2, 0.25) is 0 Å². The number of hydrogen-bond acceptors (Lipinski definition) is 4. The standard InChI is InChI=1S/C16H26N4O2/c1-15(2,3)13-18-9-11(10-19-13)20-12(21)7-8-17-14(22)16(4,5)6/h9-10H,7-8H2,1-6H3,(H,17,22)(H,20,21). The van der Waals surface area contributed by atoms with Crippen molar-refractivity contribution in [3.63, 3.8) is 0 Å². The first-order chi connectivity index (χ1) is 10.00. The molecule has 1 rings (SSSR count). The highest BCUT2D eigenvalue weighted by Crippen LogP contribution is 2.18. The summed E-state index contributed by atoms with van der Waals surface area (Å²) in [5.74, 6) is 0.474. The van der Waals surface area contributed by atoms with Crippen LogP contribution in [0, 0.1) is 5.41 Å². The van der Waals surface area contributed by atoms with Crippen molar-refractivity contribution in [1.29, 1.82) is 0 Å². The molecule has 0 saturated carbocycles. The summed E-state index contributed by atoms with van der Waals surface area (Å²) in [6.07, 6.45) is 3.40. The van der Waals surface area contributed by atoms with Gasteiger partial charge in [-0.2, -0.15) is 0 Å². The molecule has 1 heterocycles. The molecule has 0 unspecified atom stereocenters. The van der Waals surface area contributed by atoms with Crippen LogP contribution in [0.25, 0.3) is 0 Å². The van der Waals surface area contributed by atoms with Gasteiger partial charge in [-0.1, -0.05) is 41.5 Å². The number of rotatable bonds is 4. The van der Waals surface area contributed by atoms with Gasteiger partial charge >= 0.3 is 0 Å². The lowest BCUT2D eigenvalue weighted by Gasteiger charge is -2.17. The first-order valence-corrected chi connectivity index (χ1v) is 7.41. The fourth-order valence-electron chi connectivity index (χ4n) is 1.56. The minimum atomic E-state index is -0.451. The monoisotopic (exact) mass is 306 g/mol. The third-order valence-electron chi connectivity index (χ3n) is 2.93. The maximum atomic E-state index is 11.8. The van der Waals surface area contributed by atoms with Gasteiger partial charge in [0.1, 0.15) is 5.82 Å². The fraction of sp³-hybridized carbons (Fsp3) is 0.625. The summed E-state index contributed by atoms with van der Waals surface area (Å²) in [5.41, 5.74) is -0.0208. The fourth-order valence-corrected chi connectivity index (χ4v) is 1.56. The normalized spacial score (nSPS) is 11.9. The molecular weight excluding hydrogens is 280 g/mol. The number of anilines is 1. The van der Waals surface area contributed by atoms with E-state index in [0.29, 0.717) is 12.2 Å². The lowest BCUT2D eigenvalue weighted by Crippen LogP contribution is -2.36. The molecule has 0 aliphatic heterocycles. The van der Waals surface area contributed by atoms with Crippen molar-refractivity contribution in [2.24, 2.45) is 5.41 Å². The number of hydrogen-bond donors (Lipinski definition) is 2. The largest absolute Gasteiger partial charge is 0.355 e. The summed E-state index contributed by atoms with van der Waals surface area (Å²) in [6.45, 7) is 11.9. The van der Waals surface area contributed by atoms with E-state index in [1.54, 1.807) is 12.4 Å². The average Bonchev–Trinajstić information content (AvgIpc) is 2.37. The van der Waals surface area contributed by atoms with Gasteiger partial charge in [-0.05, 0) is 0 Å². The van der Waals surface area contributed by atoms with Crippen molar-refractivity contribution in [3.05, 3.63) is 18.2 Å². The van der Waals surface area contributed by atoms with E-state index in [-0.39, 0.29) is 23.7 Å². The Labute approximate surface area is 132 Å². The molecule has 22 heavy (non-hydrogen) atoms. The number of carbonyl (C=O) groups excluding carboxylic acids is 2. The van der Waals surface area contributed by atoms with Crippen molar-refractivity contribution in [2.45, 2.75) is 53.4 Å². The Morgan fingerprint density at radius 2 is 1.59 bits per heavy atom. The Hall–Kier alpha value is -1.98. The summed E-state index contributed by atoms with van der Waals surface area (Å²) >= 11 is 0. The molecule has 0 atom stereocenters. The molecule has 0 aliphatic rings. The molecule has 0 saturated heterocycles. The summed E-state index contributed by atoms with van der Waals surface area (Å²) in [5, 5.41) is 5.46. The van der Waals surface area contributed by atoms with Crippen molar-refractivity contribution in [2.75, 3.05) is 11.9 Å². The zero-order valence-corrected chi connectivity index (χ0v) is 14.3. The Kier molecular flexibility index (Phi) is 5.63. The molecule has 0 aliphatic carbocycles. The van der Waals surface area contributed by atoms with Crippen LogP contribution in [0.1, 0.15) is 53.8 Å². The van der Waals surface area contributed by atoms with E-state index in [2.05, 4.69) is 20.6 Å². The molecule has 0 spiro atoms. The van der Waals surface area contributed by atoms with Crippen LogP contribution >= 0.6 is 0 Å². The van der Waals surface area contributed by atoms with Crippen LogP contribution in [0.3, 0.4) is 0 Å². The number of nitrogens with zero attached hydrogens (tertiary/aromatic N) is 2. The lowest BCUT2D eigenvalue weighted by molar-refractivity contribution is -0.128. The van der Waals surface area contributed by atoms with Crippen molar-refractivity contribution in [1.82, 2.24) is 15.3 Å². The molecule has 1 aromatic heterocycles. The van der Waals surface area contributed by atoms with Gasteiger partial charge in [0, 0.05) is 23.8 Å². The second kappa shape index (κ2) is 6.85. The van der Waals surface area contributed by atoms with E-state index in [0.717, 1.165) is 5.82 Å². The van der Waals surface area contributed by atoms with Gasteiger partial charge in [0.15, 0.2) is 0 Å². The van der Waals surface area contributed by atoms with E-state index in [1.807, 2.05) is 41.5 Å². The molecule has 122 valence electrons. The molecular formula is C16H26N4O2. The van der Waals surface area contributed by atoms with E-state index in [4.69, 9.17) is 0 Å². The van der Waals surface area contributed by atoms with Crippen LogP contribution in [0.15, 0.2) is 12.4 Å². The molecule has 0 fully saturated rings. The molecule has 2 amide bonds. The number of amides is 2. The molecule has 2 N–H and O–H groups in total. The summed E-state index contributed by atoms with van der Waals surface area (Å²) in [6, 6.07) is 0. The Morgan fingerprint density at radius 3 is 2.05 bits per heavy atom. The van der Waals surface area contributed by atoms with E-state index < -0.39 is 5.41 Å². The van der Waals surface area contributed by atoms with Gasteiger partial charge in [-0.3, -0.25) is 9.59 Å². The van der Waals surface area contributed by atoms with E-state index in [9.17, 15) is 9.59 Å². The van der Waals surface area contributed by atoms with Crippen LogP contribution in [0.5, 0.6) is 0 Å². The van der Waals surface area contributed by atoms with E-state index in [1.165, 1.54) is 0 Å². The second-order valence-corrected chi connectivity index (χ2v) is 7.35. The zero-order chi connectivity index (χ0) is 17.0. The van der Waals surface area contributed by atoms with Gasteiger partial charge in [0.05, 0.1) is 18.1 Å². The number of nitrogens with one attached hydrogen (secondary N) is 2. The van der Waals surface area contributed by atoms with Gasteiger partial charge in [0.2, 0.25) is 11.8 Å². The Morgan fingerprint density at radius 1 is 1.05 bits per heavy atom. The second-order valence-electron chi connectivity index (χ2n) is 7.35. The summed E-state index contributed by atoms with van der Waals surface area (Å²) in [7, 11) is 0. The topological polar surface area (TPSA) is 84.0 Å². The number of carbonyl (C=O) groups is 2. The van der Waals surface area contributed by atoms with Crippen molar-refractivity contribution < 1.29 is 9.59 Å². The predicted octanol–water partition coefficient (Wildman–Crippen LogP) is 2.26. The number of aromatic nitrogens is 2. The average molecular weight is 306 g/mol. The Bertz CT molecular complexity index is 525. The highest BCUT2D eigenvalue weighted by atomic mass is 16.2. The quantitative estimate of drug-likeness (QED) is 0.893. The maximum absolute atomic E-state index is 11.8. The van der Waals surface area contributed by atoms with Gasteiger partial charge < -0.3 is 10.6 Å². The molecule has 0 aromatic carbocycles. The highest BCUT2D eigenvalue weighted by molar-refractivity contribution is 5.91. The SMILES string of the molecule is CC(C)(C)C(=O)NCCC(=O)Nc1cnc(C(C)(C)C)nc1. The van der Waals surface area contributed by atoms with Crippen LogP contribution in [-0.2, 0) is 15.0 Å². The lowest BCUT2D eigenvalue weighted by atomic mass is 9.96. The van der Waals surface area contributed by atoms with Gasteiger partial charge in [-0.15, -0.1) is 0 Å². The molecule has 6 heteroatoms. The highest BCUT2D eigenvalue weighted by Gasteiger charge is 2.20. The van der Waals surface area contributed by atoms with Crippen LogP contribution in [0.4, 0.5) is 5.69 Å². The maximum Gasteiger partial charge on any atom is 0.226 e. The van der Waals surface area contributed by atoms with Crippen LogP contribution in [-0.4, -0.2) is 28.3 Å².